The molecule has 1 saturated heterocycles. The summed E-state index contributed by atoms with van der Waals surface area (Å²) >= 11 is 0. The number of aliphatic imine (C=N–C) groups is 1. The van der Waals surface area contributed by atoms with Gasteiger partial charge in [-0.3, -0.25) is 9.59 Å². The van der Waals surface area contributed by atoms with E-state index in [1.165, 1.54) is 0 Å². The average Bonchev–Trinajstić information content (AvgIpc) is 3.30. The van der Waals surface area contributed by atoms with Crippen molar-refractivity contribution < 1.29 is 23.9 Å². The molecule has 1 amide bonds. The smallest absolute Gasteiger partial charge is 0.404 e. The highest BCUT2D eigenvalue weighted by Gasteiger charge is 2.68. The molecule has 4 aliphatic rings. The molecule has 43 heavy (non-hydrogen) atoms. The van der Waals surface area contributed by atoms with E-state index in [1.54, 1.807) is 0 Å². The number of amides is 1. The molecule has 0 radical (unpaired) electrons. The van der Waals surface area contributed by atoms with E-state index < -0.39 is 18.1 Å². The van der Waals surface area contributed by atoms with Gasteiger partial charge in [0.05, 0.1) is 17.6 Å². The second-order valence-corrected chi connectivity index (χ2v) is 13.9. The molecule has 1 aromatic rings. The van der Waals surface area contributed by atoms with E-state index in [1.807, 2.05) is 42.7 Å². The third-order valence-electron chi connectivity index (χ3n) is 10.1. The summed E-state index contributed by atoms with van der Waals surface area (Å²) in [5, 5.41) is 13.1. The van der Waals surface area contributed by atoms with Crippen molar-refractivity contribution in [3.05, 3.63) is 46.0 Å². The average molecular weight is 598 g/mol. The molecule has 5 rings (SSSR count). The summed E-state index contributed by atoms with van der Waals surface area (Å²) in [6.45, 7) is 13.1. The van der Waals surface area contributed by atoms with Crippen LogP contribution in [-0.4, -0.2) is 54.0 Å². The molecule has 0 spiro atoms. The van der Waals surface area contributed by atoms with Gasteiger partial charge in [0, 0.05) is 24.8 Å². The molecule has 236 valence electrons. The number of guanidine groups is 1. The van der Waals surface area contributed by atoms with Crippen LogP contribution in [0.5, 0.6) is 0 Å². The van der Waals surface area contributed by atoms with E-state index in [0.717, 1.165) is 18.4 Å². The van der Waals surface area contributed by atoms with Crippen LogP contribution in [0.2, 0.25) is 0 Å². The molecule has 2 bridgehead atoms. The maximum Gasteiger partial charge on any atom is 0.481 e. The quantitative estimate of drug-likeness (QED) is 0.0724. The largest absolute Gasteiger partial charge is 0.481 e. The summed E-state index contributed by atoms with van der Waals surface area (Å²) in [6.07, 6.45) is 3.63. The minimum absolute atomic E-state index is 0.000955. The first-order valence-electron chi connectivity index (χ1n) is 15.6. The predicted octanol–water partition coefficient (Wildman–Crippen LogP) is 4.04. The van der Waals surface area contributed by atoms with E-state index in [-0.39, 0.29) is 65.5 Å². The van der Waals surface area contributed by atoms with Crippen LogP contribution in [0.15, 0.2) is 35.3 Å². The summed E-state index contributed by atoms with van der Waals surface area (Å²) < 4.78 is 13.3. The number of Topliss-reactive ketones (excluding diaryl/α,β-unsaturated/α-hetero) is 1. The van der Waals surface area contributed by atoms with Crippen molar-refractivity contribution >= 4 is 24.8 Å². The first-order chi connectivity index (χ1) is 20.2. The Morgan fingerprint density at radius 3 is 2.51 bits per heavy atom. The molecule has 1 aliphatic heterocycles. The molecular formula is C31H48BN5O6. The van der Waals surface area contributed by atoms with Gasteiger partial charge in [0.15, 0.2) is 5.03 Å². The number of carbonyl (C=O) groups is 2. The number of benzene rings is 1. The van der Waals surface area contributed by atoms with Crippen molar-refractivity contribution in [3.8, 4) is 0 Å². The first kappa shape index (κ1) is 32.9. The minimum Gasteiger partial charge on any atom is -0.404 e. The van der Waals surface area contributed by atoms with Crippen molar-refractivity contribution in [2.24, 2.45) is 39.8 Å². The summed E-state index contributed by atoms with van der Waals surface area (Å²) in [4.78, 5) is 41.9. The van der Waals surface area contributed by atoms with Gasteiger partial charge in [-0.05, 0) is 67.8 Å². The van der Waals surface area contributed by atoms with Crippen molar-refractivity contribution in [2.75, 3.05) is 6.54 Å². The topological polar surface area (TPSA) is 158 Å². The fourth-order valence-electron chi connectivity index (χ4n) is 7.46. The second kappa shape index (κ2) is 13.3. The number of nitrogens with zero attached hydrogens (tertiary/aromatic N) is 2. The zero-order chi connectivity index (χ0) is 31.5. The number of rotatable bonds is 14. The number of nitrogens with two attached hydrogens (primary N) is 1. The van der Waals surface area contributed by atoms with Gasteiger partial charge in [-0.25, -0.2) is 15.1 Å². The maximum absolute atomic E-state index is 13.9. The van der Waals surface area contributed by atoms with Gasteiger partial charge in [-0.15, -0.1) is 0 Å². The molecule has 3 saturated carbocycles. The van der Waals surface area contributed by atoms with E-state index in [0.29, 0.717) is 31.1 Å². The molecule has 0 aromatic heterocycles. The van der Waals surface area contributed by atoms with E-state index in [4.69, 9.17) is 15.0 Å². The van der Waals surface area contributed by atoms with Crippen LogP contribution >= 0.6 is 0 Å². The van der Waals surface area contributed by atoms with Crippen LogP contribution in [0, 0.1) is 39.2 Å². The Balaban J connectivity index is 1.47. The Morgan fingerprint density at radius 1 is 1.19 bits per heavy atom. The Bertz CT molecular complexity index is 1200. The van der Waals surface area contributed by atoms with Crippen molar-refractivity contribution in [1.29, 1.82) is 0 Å². The number of hydrogen-bond acceptors (Lipinski definition) is 7. The molecule has 4 fully saturated rings. The summed E-state index contributed by atoms with van der Waals surface area (Å²) in [5.74, 6) is -0.583. The lowest BCUT2D eigenvalue weighted by Gasteiger charge is -2.64. The van der Waals surface area contributed by atoms with Gasteiger partial charge in [-0.1, -0.05) is 70.4 Å². The van der Waals surface area contributed by atoms with Crippen LogP contribution in [0.4, 0.5) is 0 Å². The fraction of sp³-hybridized carbons (Fsp3) is 0.710. The van der Waals surface area contributed by atoms with E-state index in [2.05, 4.69) is 44.9 Å². The van der Waals surface area contributed by atoms with Crippen LogP contribution in [0.1, 0.15) is 91.5 Å². The Kier molecular flexibility index (Phi) is 10.2. The number of hydrogen-bond donors (Lipinski definition) is 3. The third kappa shape index (κ3) is 7.40. The number of ketones is 1. The lowest BCUT2D eigenvalue weighted by molar-refractivity contribution is -0.525. The molecule has 12 heteroatoms. The molecule has 0 unspecified atom stereocenters. The lowest BCUT2D eigenvalue weighted by Crippen LogP contribution is -2.65. The second-order valence-electron chi connectivity index (χ2n) is 13.9. The molecule has 11 nitrogen and oxygen atoms in total. The van der Waals surface area contributed by atoms with Gasteiger partial charge < -0.3 is 20.4 Å². The maximum atomic E-state index is 13.9. The van der Waals surface area contributed by atoms with Crippen molar-refractivity contribution in [2.45, 2.75) is 104 Å². The third-order valence-corrected chi connectivity index (χ3v) is 10.1. The van der Waals surface area contributed by atoms with Crippen LogP contribution in [0.3, 0.4) is 0 Å². The van der Waals surface area contributed by atoms with E-state index in [9.17, 15) is 19.7 Å². The first-order valence-corrected chi connectivity index (χ1v) is 15.6. The lowest BCUT2D eigenvalue weighted by atomic mass is 9.43. The van der Waals surface area contributed by atoms with Crippen molar-refractivity contribution in [1.82, 2.24) is 10.7 Å². The zero-order valence-electron chi connectivity index (χ0n) is 26.4. The van der Waals surface area contributed by atoms with Gasteiger partial charge in [0.1, 0.15) is 5.78 Å². The van der Waals surface area contributed by atoms with Gasteiger partial charge >= 0.3 is 7.12 Å². The summed E-state index contributed by atoms with van der Waals surface area (Å²) in [7, 11) is -0.561. The number of carbonyl (C=O) groups excluding carboxylic acids is 2. The standard InChI is InChI=1S/C31H48BN5O6/c1-19(2)15-27(32-42-26-18-23-17-25(30(23,4)5)31(26,6)43-32)35-28(39)22(13-10-14-34-29(33)36-37(40)41)16-24(38)20(3)21-11-8-7-9-12-21/h7-9,11-12,19-20,22-23,25-27H,10,13-18H2,1-6H3,(H,35,39)(H3,33,34,36)/t20-,22-,23-,25-,26-,27+,31+/m1/s1. The van der Waals surface area contributed by atoms with Crippen LogP contribution < -0.4 is 16.5 Å². The Morgan fingerprint density at radius 2 is 1.88 bits per heavy atom. The van der Waals surface area contributed by atoms with Gasteiger partial charge in [-0.2, -0.15) is 0 Å². The SMILES string of the molecule is CC(C)C[C@H](NC(=O)[C@H](CCCN=C(N)N[N+](=O)[O-])CC(=O)[C@H](C)c1ccccc1)B1O[C@@H]2C[C@H]3C[C@H](C3(C)C)[C@]2(C)O1. The van der Waals surface area contributed by atoms with Crippen LogP contribution in [0.25, 0.3) is 0 Å². The molecule has 1 heterocycles. The molecule has 1 aromatic carbocycles. The molecule has 7 atom stereocenters. The fourth-order valence-corrected chi connectivity index (χ4v) is 7.46. The van der Waals surface area contributed by atoms with Crippen molar-refractivity contribution in [3.63, 3.8) is 0 Å². The highest BCUT2D eigenvalue weighted by Crippen LogP contribution is 2.65. The molecule has 3 aliphatic carbocycles. The Labute approximate surface area is 255 Å². The highest BCUT2D eigenvalue weighted by molar-refractivity contribution is 6.47. The summed E-state index contributed by atoms with van der Waals surface area (Å²) in [6, 6.07) is 9.52. The number of hydrazine groups is 1. The monoisotopic (exact) mass is 597 g/mol. The summed E-state index contributed by atoms with van der Waals surface area (Å²) in [5.41, 5.74) is 8.08. The van der Waals surface area contributed by atoms with Gasteiger partial charge in [0.25, 0.3) is 5.96 Å². The predicted molar refractivity (Wildman–Crippen MR) is 165 cm³/mol. The normalized spacial score (nSPS) is 27.9. The molecular weight excluding hydrogens is 549 g/mol. The van der Waals surface area contributed by atoms with Crippen LogP contribution in [-0.2, 0) is 18.9 Å². The van der Waals surface area contributed by atoms with E-state index >= 15 is 0 Å². The number of nitrogens with one attached hydrogen (secondary N) is 2. The minimum atomic E-state index is -0.776. The highest BCUT2D eigenvalue weighted by atomic mass is 16.7. The van der Waals surface area contributed by atoms with Gasteiger partial charge in [0.2, 0.25) is 5.91 Å². The Hall–Kier alpha value is -2.99. The molecule has 4 N–H and O–H groups in total. The zero-order valence-corrected chi connectivity index (χ0v) is 26.4. The number of nitro groups is 1.